The van der Waals surface area contributed by atoms with Crippen LogP contribution in [-0.4, -0.2) is 52.1 Å². The molecule has 0 aromatic heterocycles. The summed E-state index contributed by atoms with van der Waals surface area (Å²) >= 11 is 0. The smallest absolute Gasteiger partial charge is 0.255 e. The van der Waals surface area contributed by atoms with Crippen molar-refractivity contribution >= 4 is 22.6 Å². The van der Waals surface area contributed by atoms with E-state index in [2.05, 4.69) is 5.32 Å². The van der Waals surface area contributed by atoms with Gasteiger partial charge in [0.15, 0.2) is 0 Å². The van der Waals surface area contributed by atoms with E-state index in [1.54, 1.807) is 30.0 Å². The van der Waals surface area contributed by atoms with Gasteiger partial charge in [-0.25, -0.2) is 0 Å². The molecule has 28 heavy (non-hydrogen) atoms. The van der Waals surface area contributed by atoms with Gasteiger partial charge in [-0.15, -0.1) is 0 Å². The number of nitrogens with two attached hydrogens (primary N) is 1. The van der Waals surface area contributed by atoms with Gasteiger partial charge in [-0.2, -0.15) is 0 Å². The SMILES string of the molecule is CC(NC(=O)c1cc2cccc(O)c2cc1O)C1CCN(C(=O)[C@H](C)N)CC1. The van der Waals surface area contributed by atoms with Crippen molar-refractivity contribution in [3.8, 4) is 11.5 Å². The van der Waals surface area contributed by atoms with Crippen molar-refractivity contribution in [3.05, 3.63) is 35.9 Å². The summed E-state index contributed by atoms with van der Waals surface area (Å²) in [5, 5.41) is 24.3. The zero-order valence-electron chi connectivity index (χ0n) is 16.2. The van der Waals surface area contributed by atoms with Gasteiger partial charge in [-0.1, -0.05) is 12.1 Å². The van der Waals surface area contributed by atoms with Crippen molar-refractivity contribution in [1.82, 2.24) is 10.2 Å². The predicted molar refractivity (Wildman–Crippen MR) is 107 cm³/mol. The molecular formula is C21H27N3O4. The lowest BCUT2D eigenvalue weighted by molar-refractivity contribution is -0.133. The van der Waals surface area contributed by atoms with Crippen LogP contribution in [0.5, 0.6) is 11.5 Å². The lowest BCUT2D eigenvalue weighted by Gasteiger charge is -2.35. The van der Waals surface area contributed by atoms with E-state index in [1.807, 2.05) is 6.92 Å². The van der Waals surface area contributed by atoms with E-state index >= 15 is 0 Å². The summed E-state index contributed by atoms with van der Waals surface area (Å²) in [6, 6.07) is 7.39. The molecule has 1 heterocycles. The van der Waals surface area contributed by atoms with E-state index in [4.69, 9.17) is 5.73 Å². The molecule has 1 fully saturated rings. The Morgan fingerprint density at radius 3 is 2.46 bits per heavy atom. The summed E-state index contributed by atoms with van der Waals surface area (Å²) < 4.78 is 0. The van der Waals surface area contributed by atoms with Gasteiger partial charge in [0.25, 0.3) is 5.91 Å². The first kappa shape index (κ1) is 19.9. The Morgan fingerprint density at radius 1 is 1.14 bits per heavy atom. The molecule has 2 atom stereocenters. The first-order valence-corrected chi connectivity index (χ1v) is 9.58. The molecule has 0 aliphatic carbocycles. The Hall–Kier alpha value is -2.80. The normalized spacial score (nSPS) is 17.3. The lowest BCUT2D eigenvalue weighted by atomic mass is 9.90. The summed E-state index contributed by atoms with van der Waals surface area (Å²) in [6.45, 7) is 4.89. The van der Waals surface area contributed by atoms with Crippen molar-refractivity contribution in [2.45, 2.75) is 38.8 Å². The van der Waals surface area contributed by atoms with Crippen LogP contribution in [0.2, 0.25) is 0 Å². The van der Waals surface area contributed by atoms with Crippen LogP contribution in [0.3, 0.4) is 0 Å². The molecule has 1 unspecified atom stereocenters. The number of hydrogen-bond donors (Lipinski definition) is 4. The van der Waals surface area contributed by atoms with Gasteiger partial charge >= 0.3 is 0 Å². The van der Waals surface area contributed by atoms with Crippen LogP contribution in [-0.2, 0) is 4.79 Å². The fraction of sp³-hybridized carbons (Fsp3) is 0.429. The van der Waals surface area contributed by atoms with E-state index in [0.29, 0.717) is 23.9 Å². The molecule has 0 bridgehead atoms. The molecule has 2 aromatic rings. The summed E-state index contributed by atoms with van der Waals surface area (Å²) in [6.07, 6.45) is 1.58. The highest BCUT2D eigenvalue weighted by molar-refractivity contribution is 6.02. The van der Waals surface area contributed by atoms with Crippen molar-refractivity contribution in [2.75, 3.05) is 13.1 Å². The second kappa shape index (κ2) is 8.06. The van der Waals surface area contributed by atoms with Crippen molar-refractivity contribution in [1.29, 1.82) is 0 Å². The molecule has 5 N–H and O–H groups in total. The van der Waals surface area contributed by atoms with E-state index in [9.17, 15) is 19.8 Å². The molecule has 1 aliphatic heterocycles. The van der Waals surface area contributed by atoms with Crippen LogP contribution in [0.1, 0.15) is 37.0 Å². The monoisotopic (exact) mass is 385 g/mol. The molecule has 1 saturated heterocycles. The maximum absolute atomic E-state index is 12.7. The van der Waals surface area contributed by atoms with Crippen LogP contribution in [0.25, 0.3) is 10.8 Å². The Labute approximate surface area is 164 Å². The molecule has 7 heteroatoms. The first-order chi connectivity index (χ1) is 13.3. The minimum Gasteiger partial charge on any atom is -0.507 e. The summed E-state index contributed by atoms with van der Waals surface area (Å²) in [5.41, 5.74) is 5.84. The quantitative estimate of drug-likeness (QED) is 0.642. The Balaban J connectivity index is 1.66. The largest absolute Gasteiger partial charge is 0.507 e. The van der Waals surface area contributed by atoms with Crippen LogP contribution >= 0.6 is 0 Å². The number of piperidine rings is 1. The molecule has 2 aromatic carbocycles. The van der Waals surface area contributed by atoms with E-state index in [1.165, 1.54) is 12.1 Å². The van der Waals surface area contributed by atoms with Gasteiger partial charge in [0, 0.05) is 24.5 Å². The van der Waals surface area contributed by atoms with Crippen LogP contribution in [0.4, 0.5) is 0 Å². The van der Waals surface area contributed by atoms with Crippen molar-refractivity contribution < 1.29 is 19.8 Å². The number of fused-ring (bicyclic) bond motifs is 1. The number of rotatable bonds is 4. The number of carbonyl (C=O) groups excluding carboxylic acids is 2. The highest BCUT2D eigenvalue weighted by Gasteiger charge is 2.28. The first-order valence-electron chi connectivity index (χ1n) is 9.58. The summed E-state index contributed by atoms with van der Waals surface area (Å²) in [5.74, 6) is -0.270. The van der Waals surface area contributed by atoms with Gasteiger partial charge in [0.2, 0.25) is 5.91 Å². The minimum atomic E-state index is -0.496. The lowest BCUT2D eigenvalue weighted by Crippen LogP contribution is -2.49. The summed E-state index contributed by atoms with van der Waals surface area (Å²) in [4.78, 5) is 26.5. The average Bonchev–Trinajstić information content (AvgIpc) is 2.67. The van der Waals surface area contributed by atoms with Crippen LogP contribution in [0.15, 0.2) is 30.3 Å². The van der Waals surface area contributed by atoms with Crippen molar-refractivity contribution in [3.63, 3.8) is 0 Å². The third kappa shape index (κ3) is 4.04. The fourth-order valence-corrected chi connectivity index (χ4v) is 3.79. The van der Waals surface area contributed by atoms with Gasteiger partial charge in [0.05, 0.1) is 11.6 Å². The second-order valence-electron chi connectivity index (χ2n) is 7.58. The molecule has 0 radical (unpaired) electrons. The number of aromatic hydroxyl groups is 2. The maximum Gasteiger partial charge on any atom is 0.255 e. The zero-order valence-corrected chi connectivity index (χ0v) is 16.2. The van der Waals surface area contributed by atoms with Crippen LogP contribution in [0, 0.1) is 5.92 Å². The van der Waals surface area contributed by atoms with E-state index < -0.39 is 6.04 Å². The van der Waals surface area contributed by atoms with E-state index in [0.717, 1.165) is 12.8 Å². The Morgan fingerprint density at radius 2 is 1.82 bits per heavy atom. The molecule has 7 nitrogen and oxygen atoms in total. The fourth-order valence-electron chi connectivity index (χ4n) is 3.79. The highest BCUT2D eigenvalue weighted by atomic mass is 16.3. The number of likely N-dealkylation sites (tertiary alicyclic amines) is 1. The van der Waals surface area contributed by atoms with E-state index in [-0.39, 0.29) is 40.8 Å². The number of nitrogens with zero attached hydrogens (tertiary/aromatic N) is 1. The summed E-state index contributed by atoms with van der Waals surface area (Å²) in [7, 11) is 0. The second-order valence-corrected chi connectivity index (χ2v) is 7.58. The van der Waals surface area contributed by atoms with Gasteiger partial charge in [0.1, 0.15) is 11.5 Å². The number of phenolic OH excluding ortho intramolecular Hbond substituents is 2. The van der Waals surface area contributed by atoms with Crippen molar-refractivity contribution in [2.24, 2.45) is 11.7 Å². The number of carbonyl (C=O) groups is 2. The number of benzene rings is 2. The standard InChI is InChI=1S/C21H27N3O4/c1-12(22)21(28)24-8-6-14(7-9-24)13(2)23-20(27)17-10-15-4-3-5-18(25)16(15)11-19(17)26/h3-5,10-14,25-26H,6-9,22H2,1-2H3,(H,23,27)/t12-,13?/m0/s1. The number of hydrogen-bond acceptors (Lipinski definition) is 5. The van der Waals surface area contributed by atoms with Gasteiger partial charge in [-0.3, -0.25) is 9.59 Å². The van der Waals surface area contributed by atoms with Crippen LogP contribution < -0.4 is 11.1 Å². The zero-order chi connectivity index (χ0) is 20.4. The minimum absolute atomic E-state index is 0.0422. The maximum atomic E-state index is 12.7. The molecule has 0 saturated carbocycles. The molecule has 150 valence electrons. The molecule has 2 amide bonds. The Kier molecular flexibility index (Phi) is 5.74. The third-order valence-electron chi connectivity index (χ3n) is 5.52. The molecule has 0 spiro atoms. The third-order valence-corrected chi connectivity index (χ3v) is 5.52. The number of phenols is 2. The predicted octanol–water partition coefficient (Wildman–Crippen LogP) is 1.96. The average molecular weight is 385 g/mol. The van der Waals surface area contributed by atoms with Gasteiger partial charge in [-0.05, 0) is 56.2 Å². The molecular weight excluding hydrogens is 358 g/mol. The topological polar surface area (TPSA) is 116 Å². The number of amides is 2. The molecule has 3 rings (SSSR count). The molecule has 1 aliphatic rings. The van der Waals surface area contributed by atoms with Gasteiger partial charge < -0.3 is 26.2 Å². The highest BCUT2D eigenvalue weighted by Crippen LogP contribution is 2.31. The Bertz CT molecular complexity index is 889. The number of nitrogens with one attached hydrogen (secondary N) is 1.